The Morgan fingerprint density at radius 1 is 1.13 bits per heavy atom. The average Bonchev–Trinajstić information content (AvgIpc) is 3.41. The monoisotopic (exact) mass is 549 g/mol. The number of aromatic nitrogens is 3. The van der Waals surface area contributed by atoms with E-state index in [0.29, 0.717) is 32.9 Å². The molecule has 5 heterocycles. The van der Waals surface area contributed by atoms with Crippen LogP contribution in [0.15, 0.2) is 17.2 Å². The quantitative estimate of drug-likeness (QED) is 0.510. The predicted octanol–water partition coefficient (Wildman–Crippen LogP) is 3.74. The first-order valence-corrected chi connectivity index (χ1v) is 14.6. The Morgan fingerprint density at radius 2 is 1.85 bits per heavy atom. The van der Waals surface area contributed by atoms with Gasteiger partial charge in [-0.05, 0) is 83.7 Å². The first-order valence-electron chi connectivity index (χ1n) is 13.8. The van der Waals surface area contributed by atoms with E-state index in [1.807, 2.05) is 18.7 Å². The van der Waals surface area contributed by atoms with Crippen LogP contribution in [-0.2, 0) is 5.66 Å². The summed E-state index contributed by atoms with van der Waals surface area (Å²) in [7, 11) is 4.17. The summed E-state index contributed by atoms with van der Waals surface area (Å²) in [6.07, 6.45) is 7.89. The number of carbonyl (C=O) groups excluding carboxylic acids is 2. The van der Waals surface area contributed by atoms with Gasteiger partial charge in [-0.15, -0.1) is 11.3 Å². The van der Waals surface area contributed by atoms with Gasteiger partial charge in [-0.2, -0.15) is 0 Å². The molecule has 1 spiro atoms. The number of hydrogen-bond acceptors (Lipinski definition) is 8. The Balaban J connectivity index is 1.35. The SMILES string of the molecule is Cc1cc(Nc2ncnc3sc(C(=O)N4CCC(N(C)C)CC4)c(C)c23)c(=O)n2c1C(=O)NC21CCCCC1. The minimum Gasteiger partial charge on any atom is -0.338 e. The second kappa shape index (κ2) is 9.71. The third-order valence-electron chi connectivity index (χ3n) is 8.72. The van der Waals surface area contributed by atoms with Crippen molar-refractivity contribution in [2.24, 2.45) is 0 Å². The van der Waals surface area contributed by atoms with Crippen molar-refractivity contribution in [3.05, 3.63) is 44.4 Å². The minimum absolute atomic E-state index is 0.0240. The van der Waals surface area contributed by atoms with Gasteiger partial charge in [-0.1, -0.05) is 6.42 Å². The van der Waals surface area contributed by atoms with E-state index in [4.69, 9.17) is 0 Å². The maximum atomic E-state index is 13.9. The largest absolute Gasteiger partial charge is 0.338 e. The topological polar surface area (TPSA) is 112 Å². The van der Waals surface area contributed by atoms with Crippen LogP contribution in [0.4, 0.5) is 11.5 Å². The average molecular weight is 550 g/mol. The number of anilines is 2. The molecule has 2 amide bonds. The summed E-state index contributed by atoms with van der Waals surface area (Å²) in [5.41, 5.74) is 1.46. The molecule has 2 fully saturated rings. The molecule has 2 aliphatic heterocycles. The molecule has 0 bridgehead atoms. The Bertz CT molecular complexity index is 1530. The second-order valence-corrected chi connectivity index (χ2v) is 12.3. The summed E-state index contributed by atoms with van der Waals surface area (Å²) in [5, 5.41) is 7.14. The third-order valence-corrected chi connectivity index (χ3v) is 9.91. The summed E-state index contributed by atoms with van der Waals surface area (Å²) >= 11 is 1.37. The molecule has 206 valence electrons. The Hall–Kier alpha value is -3.31. The van der Waals surface area contributed by atoms with E-state index in [0.717, 1.165) is 74.5 Å². The standard InChI is InChI=1S/C28H35N7O3S/c1-16-14-19(26(37)35-21(16)24(36)32-28(35)10-6-5-7-11-28)31-23-20-17(2)22(39-25(20)30-15-29-23)27(38)34-12-8-18(9-13-34)33(3)4/h14-15,18H,5-13H2,1-4H3,(H,32,36)(H,29,30,31). The zero-order chi connectivity index (χ0) is 27.5. The molecular weight excluding hydrogens is 514 g/mol. The van der Waals surface area contributed by atoms with Gasteiger partial charge in [0.1, 0.15) is 34.0 Å². The van der Waals surface area contributed by atoms with Gasteiger partial charge >= 0.3 is 0 Å². The molecule has 3 aliphatic rings. The maximum absolute atomic E-state index is 13.9. The van der Waals surface area contributed by atoms with Crippen LogP contribution in [0.2, 0.25) is 0 Å². The molecule has 3 aromatic rings. The van der Waals surface area contributed by atoms with Crippen LogP contribution in [0.1, 0.15) is 76.2 Å². The number of hydrogen-bond donors (Lipinski definition) is 2. The second-order valence-electron chi connectivity index (χ2n) is 11.3. The van der Waals surface area contributed by atoms with E-state index in [-0.39, 0.29) is 17.4 Å². The van der Waals surface area contributed by atoms with Gasteiger partial charge in [0.15, 0.2) is 0 Å². The van der Waals surface area contributed by atoms with Crippen LogP contribution in [0.3, 0.4) is 0 Å². The van der Waals surface area contributed by atoms with E-state index in [1.54, 1.807) is 10.6 Å². The van der Waals surface area contributed by atoms with Crippen molar-refractivity contribution in [1.29, 1.82) is 0 Å². The maximum Gasteiger partial charge on any atom is 0.276 e. The summed E-state index contributed by atoms with van der Waals surface area (Å²) in [6, 6.07) is 2.22. The molecule has 0 unspecified atom stereocenters. The van der Waals surface area contributed by atoms with Crippen molar-refractivity contribution < 1.29 is 9.59 Å². The van der Waals surface area contributed by atoms with Crippen molar-refractivity contribution in [2.75, 3.05) is 32.5 Å². The molecular formula is C28H35N7O3S. The number of carbonyl (C=O) groups is 2. The number of aryl methyl sites for hydroxylation is 2. The van der Waals surface area contributed by atoms with Crippen LogP contribution >= 0.6 is 11.3 Å². The summed E-state index contributed by atoms with van der Waals surface area (Å²) < 4.78 is 1.68. The van der Waals surface area contributed by atoms with E-state index < -0.39 is 5.66 Å². The molecule has 2 N–H and O–H groups in total. The van der Waals surface area contributed by atoms with Crippen molar-refractivity contribution in [3.63, 3.8) is 0 Å². The Kier molecular flexibility index (Phi) is 6.46. The molecule has 0 aromatic carbocycles. The third kappa shape index (κ3) is 4.22. The molecule has 0 atom stereocenters. The number of amides is 2. The van der Waals surface area contributed by atoms with E-state index in [9.17, 15) is 14.4 Å². The first-order chi connectivity index (χ1) is 18.7. The molecule has 1 saturated carbocycles. The highest BCUT2D eigenvalue weighted by atomic mass is 32.1. The van der Waals surface area contributed by atoms with Crippen molar-refractivity contribution >= 4 is 44.9 Å². The number of piperidine rings is 1. The normalized spacial score (nSPS) is 19.1. The van der Waals surface area contributed by atoms with Gasteiger partial charge in [-0.25, -0.2) is 9.97 Å². The number of rotatable bonds is 4. The van der Waals surface area contributed by atoms with Gasteiger partial charge in [0, 0.05) is 19.1 Å². The fraction of sp³-hybridized carbons (Fsp3) is 0.536. The fourth-order valence-corrected chi connectivity index (χ4v) is 7.68. The van der Waals surface area contributed by atoms with Crippen LogP contribution < -0.4 is 16.2 Å². The van der Waals surface area contributed by atoms with Crippen molar-refractivity contribution in [3.8, 4) is 0 Å². The Morgan fingerprint density at radius 3 is 2.54 bits per heavy atom. The summed E-state index contributed by atoms with van der Waals surface area (Å²) in [5.74, 6) is 0.330. The number of nitrogens with zero attached hydrogens (tertiary/aromatic N) is 5. The van der Waals surface area contributed by atoms with Crippen LogP contribution in [0.25, 0.3) is 10.2 Å². The van der Waals surface area contributed by atoms with E-state index >= 15 is 0 Å². The van der Waals surface area contributed by atoms with Gasteiger partial charge in [0.25, 0.3) is 17.4 Å². The van der Waals surface area contributed by atoms with Gasteiger partial charge in [0.05, 0.1) is 10.3 Å². The molecule has 0 radical (unpaired) electrons. The molecule has 39 heavy (non-hydrogen) atoms. The lowest BCUT2D eigenvalue weighted by Gasteiger charge is -2.35. The molecule has 6 rings (SSSR count). The molecule has 1 saturated heterocycles. The molecule has 3 aromatic heterocycles. The number of nitrogens with one attached hydrogen (secondary N) is 2. The lowest BCUT2D eigenvalue weighted by molar-refractivity contribution is 0.0667. The zero-order valence-corrected chi connectivity index (χ0v) is 23.8. The molecule has 10 nitrogen and oxygen atoms in total. The minimum atomic E-state index is -0.664. The highest BCUT2D eigenvalue weighted by molar-refractivity contribution is 7.20. The highest BCUT2D eigenvalue weighted by Crippen LogP contribution is 2.39. The number of fused-ring (bicyclic) bond motifs is 3. The van der Waals surface area contributed by atoms with Crippen LogP contribution in [-0.4, -0.2) is 69.4 Å². The fourth-order valence-electron chi connectivity index (χ4n) is 6.56. The van der Waals surface area contributed by atoms with Gasteiger partial charge in [0.2, 0.25) is 0 Å². The molecule has 1 aliphatic carbocycles. The first kappa shape index (κ1) is 25.9. The smallest absolute Gasteiger partial charge is 0.276 e. The van der Waals surface area contributed by atoms with Crippen LogP contribution in [0, 0.1) is 13.8 Å². The lowest BCUT2D eigenvalue weighted by Crippen LogP contribution is -2.48. The predicted molar refractivity (Wildman–Crippen MR) is 152 cm³/mol. The summed E-state index contributed by atoms with van der Waals surface area (Å²) in [6.45, 7) is 5.24. The number of pyridine rings is 1. The number of likely N-dealkylation sites (tertiary alicyclic amines) is 1. The van der Waals surface area contributed by atoms with Gasteiger partial charge in [-0.3, -0.25) is 19.0 Å². The highest BCUT2D eigenvalue weighted by Gasteiger charge is 2.45. The lowest BCUT2D eigenvalue weighted by atomic mass is 9.89. The molecule has 11 heteroatoms. The van der Waals surface area contributed by atoms with E-state index in [2.05, 4.69) is 39.6 Å². The summed E-state index contributed by atoms with van der Waals surface area (Å²) in [4.78, 5) is 54.7. The van der Waals surface area contributed by atoms with E-state index in [1.165, 1.54) is 17.7 Å². The van der Waals surface area contributed by atoms with Crippen molar-refractivity contribution in [1.82, 2.24) is 29.7 Å². The zero-order valence-electron chi connectivity index (χ0n) is 23.0. The Labute approximate surface area is 231 Å². The van der Waals surface area contributed by atoms with Gasteiger partial charge < -0.3 is 20.4 Å². The van der Waals surface area contributed by atoms with Crippen molar-refractivity contribution in [2.45, 2.75) is 70.5 Å². The number of thiophene rings is 1. The van der Waals surface area contributed by atoms with Crippen LogP contribution in [0.5, 0.6) is 0 Å².